The first-order valence-corrected chi connectivity index (χ1v) is 6.41. The topological polar surface area (TPSA) is 59.2 Å². The number of nitrogens with zero attached hydrogens (tertiary/aromatic N) is 2. The van der Waals surface area contributed by atoms with Gasteiger partial charge in [-0.1, -0.05) is 19.0 Å². The van der Waals surface area contributed by atoms with Gasteiger partial charge in [0.25, 0.3) is 0 Å². The van der Waals surface area contributed by atoms with Gasteiger partial charge in [0, 0.05) is 5.56 Å². The van der Waals surface area contributed by atoms with Gasteiger partial charge < -0.3 is 9.63 Å². The van der Waals surface area contributed by atoms with Crippen molar-refractivity contribution in [2.24, 2.45) is 5.92 Å². The summed E-state index contributed by atoms with van der Waals surface area (Å²) >= 11 is 0. The fourth-order valence-corrected chi connectivity index (χ4v) is 1.92. The van der Waals surface area contributed by atoms with Gasteiger partial charge in [0.15, 0.2) is 11.6 Å². The molecule has 0 saturated heterocycles. The monoisotopic (exact) mass is 282 g/mol. The van der Waals surface area contributed by atoms with E-state index in [0.29, 0.717) is 17.9 Å². The Morgan fingerprint density at radius 1 is 1.25 bits per heavy atom. The van der Waals surface area contributed by atoms with E-state index in [1.165, 1.54) is 6.07 Å². The molecule has 20 heavy (non-hydrogen) atoms. The Morgan fingerprint density at radius 3 is 2.65 bits per heavy atom. The molecular weight excluding hydrogens is 266 g/mol. The maximum absolute atomic E-state index is 13.1. The maximum Gasteiger partial charge on any atom is 0.229 e. The van der Waals surface area contributed by atoms with Gasteiger partial charge in [0.05, 0.1) is 12.5 Å². The largest absolute Gasteiger partial charge is 0.393 e. The number of halogens is 2. The lowest BCUT2D eigenvalue weighted by atomic mass is 10.0. The molecule has 1 atom stereocenters. The molecule has 1 aromatic heterocycles. The van der Waals surface area contributed by atoms with Crippen LogP contribution in [0.25, 0.3) is 11.4 Å². The minimum Gasteiger partial charge on any atom is -0.393 e. The van der Waals surface area contributed by atoms with E-state index in [9.17, 15) is 13.9 Å². The second-order valence-electron chi connectivity index (χ2n) is 5.13. The van der Waals surface area contributed by atoms with E-state index in [0.717, 1.165) is 12.1 Å². The van der Waals surface area contributed by atoms with Crippen LogP contribution in [0.5, 0.6) is 0 Å². The van der Waals surface area contributed by atoms with Crippen LogP contribution >= 0.6 is 0 Å². The third kappa shape index (κ3) is 3.60. The highest BCUT2D eigenvalue weighted by molar-refractivity contribution is 5.54. The van der Waals surface area contributed by atoms with Crippen molar-refractivity contribution in [1.82, 2.24) is 10.1 Å². The quantitative estimate of drug-likeness (QED) is 0.916. The lowest BCUT2D eigenvalue weighted by Gasteiger charge is -2.09. The molecule has 0 spiro atoms. The molecule has 2 rings (SSSR count). The zero-order valence-corrected chi connectivity index (χ0v) is 11.3. The lowest BCUT2D eigenvalue weighted by molar-refractivity contribution is 0.138. The predicted molar refractivity (Wildman–Crippen MR) is 68.8 cm³/mol. The molecule has 0 fully saturated rings. The van der Waals surface area contributed by atoms with Crippen LogP contribution in [0.1, 0.15) is 26.2 Å². The number of aliphatic hydroxyl groups excluding tert-OH is 1. The van der Waals surface area contributed by atoms with Crippen LogP contribution in [0.2, 0.25) is 0 Å². The van der Waals surface area contributed by atoms with E-state index >= 15 is 0 Å². The van der Waals surface area contributed by atoms with Crippen molar-refractivity contribution in [3.63, 3.8) is 0 Å². The van der Waals surface area contributed by atoms with E-state index in [1.807, 2.05) is 13.8 Å². The average Bonchev–Trinajstić information content (AvgIpc) is 2.80. The van der Waals surface area contributed by atoms with Gasteiger partial charge >= 0.3 is 0 Å². The third-order valence-electron chi connectivity index (χ3n) is 2.80. The van der Waals surface area contributed by atoms with Crippen molar-refractivity contribution in [1.29, 1.82) is 0 Å². The van der Waals surface area contributed by atoms with Crippen molar-refractivity contribution in [3.8, 4) is 11.4 Å². The van der Waals surface area contributed by atoms with Crippen LogP contribution in [-0.4, -0.2) is 21.4 Å². The van der Waals surface area contributed by atoms with E-state index in [2.05, 4.69) is 10.1 Å². The van der Waals surface area contributed by atoms with Crippen LogP contribution < -0.4 is 0 Å². The molecule has 0 aliphatic heterocycles. The Bertz CT molecular complexity index is 584. The Morgan fingerprint density at radius 2 is 2.00 bits per heavy atom. The first-order chi connectivity index (χ1) is 9.45. The van der Waals surface area contributed by atoms with Gasteiger partial charge in [-0.05, 0) is 30.5 Å². The first kappa shape index (κ1) is 14.6. The molecule has 1 heterocycles. The van der Waals surface area contributed by atoms with Crippen molar-refractivity contribution >= 4 is 0 Å². The molecule has 0 radical (unpaired) electrons. The highest BCUT2D eigenvalue weighted by atomic mass is 19.2. The van der Waals surface area contributed by atoms with Gasteiger partial charge in [-0.2, -0.15) is 4.98 Å². The summed E-state index contributed by atoms with van der Waals surface area (Å²) in [6, 6.07) is 3.39. The van der Waals surface area contributed by atoms with Crippen LogP contribution in [0, 0.1) is 17.6 Å². The van der Waals surface area contributed by atoms with Gasteiger partial charge in [0.2, 0.25) is 11.7 Å². The molecule has 0 saturated carbocycles. The SMILES string of the molecule is CC(C)CC(O)Cc1nc(-c2ccc(F)c(F)c2)no1. The fourth-order valence-electron chi connectivity index (χ4n) is 1.92. The second-order valence-corrected chi connectivity index (χ2v) is 5.13. The molecule has 0 amide bonds. The molecule has 0 aliphatic rings. The summed E-state index contributed by atoms with van der Waals surface area (Å²) in [5.41, 5.74) is 0.331. The van der Waals surface area contributed by atoms with Crippen LogP contribution in [0.3, 0.4) is 0 Å². The fraction of sp³-hybridized carbons (Fsp3) is 0.429. The molecule has 6 heteroatoms. The minimum atomic E-state index is -0.964. The van der Waals surface area contributed by atoms with Crippen molar-refractivity contribution in [3.05, 3.63) is 35.7 Å². The summed E-state index contributed by atoms with van der Waals surface area (Å²) in [4.78, 5) is 4.07. The predicted octanol–water partition coefficient (Wildman–Crippen LogP) is 2.96. The Labute approximate surface area is 115 Å². The number of benzene rings is 1. The summed E-state index contributed by atoms with van der Waals surface area (Å²) in [6.07, 6.45) is 0.311. The average molecular weight is 282 g/mol. The molecular formula is C14H16F2N2O2. The molecule has 1 unspecified atom stereocenters. The smallest absolute Gasteiger partial charge is 0.229 e. The number of hydrogen-bond donors (Lipinski definition) is 1. The van der Waals surface area contributed by atoms with E-state index in [-0.39, 0.29) is 18.1 Å². The normalized spacial score (nSPS) is 12.9. The van der Waals surface area contributed by atoms with Gasteiger partial charge in [-0.25, -0.2) is 8.78 Å². The van der Waals surface area contributed by atoms with E-state index in [1.54, 1.807) is 0 Å². The first-order valence-electron chi connectivity index (χ1n) is 6.41. The summed E-state index contributed by atoms with van der Waals surface area (Å²) in [5, 5.41) is 13.5. The standard InChI is InChI=1S/C14H16F2N2O2/c1-8(2)5-10(19)7-13-17-14(18-20-13)9-3-4-11(15)12(16)6-9/h3-4,6,8,10,19H,5,7H2,1-2H3. The molecule has 108 valence electrons. The summed E-state index contributed by atoms with van der Waals surface area (Å²) in [6.45, 7) is 4.01. The van der Waals surface area contributed by atoms with Crippen molar-refractivity contribution in [2.45, 2.75) is 32.8 Å². The van der Waals surface area contributed by atoms with E-state index < -0.39 is 17.7 Å². The number of rotatable bonds is 5. The lowest BCUT2D eigenvalue weighted by Crippen LogP contribution is -2.13. The van der Waals surface area contributed by atoms with Crippen LogP contribution in [-0.2, 0) is 6.42 Å². The molecule has 0 bridgehead atoms. The maximum atomic E-state index is 13.1. The van der Waals surface area contributed by atoms with Gasteiger partial charge in [0.1, 0.15) is 0 Å². The van der Waals surface area contributed by atoms with Crippen molar-refractivity contribution in [2.75, 3.05) is 0 Å². The molecule has 1 aromatic carbocycles. The van der Waals surface area contributed by atoms with Crippen molar-refractivity contribution < 1.29 is 18.4 Å². The Balaban J connectivity index is 2.10. The molecule has 0 aliphatic carbocycles. The highest BCUT2D eigenvalue weighted by Gasteiger charge is 2.15. The Hall–Kier alpha value is -1.82. The van der Waals surface area contributed by atoms with Crippen LogP contribution in [0.15, 0.2) is 22.7 Å². The number of aliphatic hydroxyl groups is 1. The highest BCUT2D eigenvalue weighted by Crippen LogP contribution is 2.19. The molecule has 4 nitrogen and oxygen atoms in total. The number of aromatic nitrogens is 2. The zero-order chi connectivity index (χ0) is 14.7. The van der Waals surface area contributed by atoms with Crippen LogP contribution in [0.4, 0.5) is 8.78 Å². The Kier molecular flexibility index (Phi) is 4.44. The van der Waals surface area contributed by atoms with Gasteiger partial charge in [-0.3, -0.25) is 0 Å². The molecule has 1 N–H and O–H groups in total. The number of hydrogen-bond acceptors (Lipinski definition) is 4. The summed E-state index contributed by atoms with van der Waals surface area (Å²) in [7, 11) is 0. The third-order valence-corrected chi connectivity index (χ3v) is 2.80. The molecule has 2 aromatic rings. The van der Waals surface area contributed by atoms with Gasteiger partial charge in [-0.15, -0.1) is 0 Å². The summed E-state index contributed by atoms with van der Waals surface area (Å²) < 4.78 is 31.0. The second kappa shape index (κ2) is 6.09. The zero-order valence-electron chi connectivity index (χ0n) is 11.3. The van der Waals surface area contributed by atoms with E-state index in [4.69, 9.17) is 4.52 Å². The minimum absolute atomic E-state index is 0.177. The summed E-state index contributed by atoms with van der Waals surface area (Å²) in [5.74, 6) is -1.08.